The van der Waals surface area contributed by atoms with E-state index in [1.807, 2.05) is 6.92 Å². The van der Waals surface area contributed by atoms with Gasteiger partial charge in [-0.2, -0.15) is 0 Å². The number of nitrogens with one attached hydrogen (secondary N) is 2. The molecule has 2 N–H and O–H groups in total. The third kappa shape index (κ3) is 8.05. The van der Waals surface area contributed by atoms with E-state index in [1.165, 1.54) is 6.07 Å². The molecule has 0 bridgehead atoms. The van der Waals surface area contributed by atoms with Crippen molar-refractivity contribution in [3.63, 3.8) is 0 Å². The number of morpholine rings is 1. The van der Waals surface area contributed by atoms with Crippen LogP contribution in [0.3, 0.4) is 0 Å². The Morgan fingerprint density at radius 3 is 2.69 bits per heavy atom. The molecule has 1 aromatic carbocycles. The molecule has 0 aromatic heterocycles. The summed E-state index contributed by atoms with van der Waals surface area (Å²) in [6.07, 6.45) is 0.640. The predicted molar refractivity (Wildman–Crippen MR) is 113 cm³/mol. The predicted octanol–water partition coefficient (Wildman–Crippen LogP) is 2.10. The highest BCUT2D eigenvalue weighted by molar-refractivity contribution is 14.0. The Kier molecular flexibility index (Phi) is 11.5. The highest BCUT2D eigenvalue weighted by Gasteiger charge is 2.13. The molecule has 2 rings (SSSR count). The molecule has 6 nitrogen and oxygen atoms in total. The molecule has 1 aliphatic rings. The first kappa shape index (κ1) is 22.9. The number of aliphatic imine (C=N–C) groups is 1. The number of para-hydroxylation sites is 1. The minimum absolute atomic E-state index is 0. The van der Waals surface area contributed by atoms with Gasteiger partial charge < -0.3 is 20.1 Å². The second-order valence-electron chi connectivity index (χ2n) is 5.91. The van der Waals surface area contributed by atoms with Crippen molar-refractivity contribution in [2.75, 3.05) is 53.0 Å². The second kappa shape index (κ2) is 13.1. The molecule has 1 unspecified atom stereocenters. The maximum Gasteiger partial charge on any atom is 0.191 e. The molecule has 0 amide bonds. The number of rotatable bonds is 8. The van der Waals surface area contributed by atoms with Crippen molar-refractivity contribution in [3.05, 3.63) is 30.1 Å². The number of ether oxygens (including phenoxy) is 2. The fourth-order valence-corrected chi connectivity index (χ4v) is 2.58. The Labute approximate surface area is 172 Å². The Morgan fingerprint density at radius 2 is 2.04 bits per heavy atom. The quantitative estimate of drug-likeness (QED) is 0.339. The van der Waals surface area contributed by atoms with Crippen LogP contribution in [0.1, 0.15) is 13.3 Å². The minimum Gasteiger partial charge on any atom is -0.486 e. The summed E-state index contributed by atoms with van der Waals surface area (Å²) >= 11 is 0. The molecule has 0 spiro atoms. The minimum atomic E-state index is -0.339. The van der Waals surface area contributed by atoms with E-state index in [0.717, 1.165) is 51.8 Å². The standard InChI is InChI=1S/C18H29FN4O2.HI/c1-3-15(25-17-7-5-4-6-16(17)19)14-22-18(20-2)21-8-9-23-10-12-24-13-11-23;/h4-7,15H,3,8-14H2,1-2H3,(H2,20,21,22);1H. The molecular formula is C18H30FIN4O2. The highest BCUT2D eigenvalue weighted by Crippen LogP contribution is 2.17. The van der Waals surface area contributed by atoms with Crippen LogP contribution in [0.5, 0.6) is 5.75 Å². The molecule has 1 fully saturated rings. The maximum atomic E-state index is 13.7. The van der Waals surface area contributed by atoms with Gasteiger partial charge >= 0.3 is 0 Å². The van der Waals surface area contributed by atoms with Crippen LogP contribution in [0.4, 0.5) is 4.39 Å². The zero-order chi connectivity index (χ0) is 17.9. The van der Waals surface area contributed by atoms with Crippen molar-refractivity contribution >= 4 is 29.9 Å². The summed E-state index contributed by atoms with van der Waals surface area (Å²) in [5.74, 6) is 0.671. The van der Waals surface area contributed by atoms with Crippen molar-refractivity contribution in [3.8, 4) is 5.75 Å². The average Bonchev–Trinajstić information content (AvgIpc) is 2.65. The fraction of sp³-hybridized carbons (Fsp3) is 0.611. The van der Waals surface area contributed by atoms with E-state index >= 15 is 0 Å². The Morgan fingerprint density at radius 1 is 1.31 bits per heavy atom. The smallest absolute Gasteiger partial charge is 0.191 e. The third-order valence-electron chi connectivity index (χ3n) is 4.13. The van der Waals surface area contributed by atoms with Gasteiger partial charge in [0.1, 0.15) is 6.10 Å². The number of halogens is 2. The van der Waals surface area contributed by atoms with Crippen LogP contribution >= 0.6 is 24.0 Å². The molecule has 1 aromatic rings. The normalized spacial score (nSPS) is 16.5. The summed E-state index contributed by atoms with van der Waals surface area (Å²) in [6.45, 7) is 7.89. The summed E-state index contributed by atoms with van der Waals surface area (Å²) in [5, 5.41) is 6.54. The van der Waals surface area contributed by atoms with Gasteiger partial charge in [-0.05, 0) is 18.6 Å². The van der Waals surface area contributed by atoms with E-state index in [-0.39, 0.29) is 41.6 Å². The molecule has 1 atom stereocenters. The summed E-state index contributed by atoms with van der Waals surface area (Å²) in [4.78, 5) is 6.58. The SMILES string of the molecule is CCC(CNC(=NC)NCCN1CCOCC1)Oc1ccccc1F.I. The van der Waals surface area contributed by atoms with Gasteiger partial charge in [0.05, 0.1) is 19.8 Å². The average molecular weight is 480 g/mol. The summed E-state index contributed by atoms with van der Waals surface area (Å²) < 4.78 is 24.8. The summed E-state index contributed by atoms with van der Waals surface area (Å²) in [5.41, 5.74) is 0. The van der Waals surface area contributed by atoms with Gasteiger partial charge in [0, 0.05) is 33.2 Å². The Hall–Kier alpha value is -1.13. The first-order chi connectivity index (χ1) is 12.2. The van der Waals surface area contributed by atoms with Crippen LogP contribution in [-0.2, 0) is 4.74 Å². The van der Waals surface area contributed by atoms with Crippen LogP contribution in [-0.4, -0.2) is 69.9 Å². The zero-order valence-electron chi connectivity index (χ0n) is 15.5. The van der Waals surface area contributed by atoms with Crippen molar-refractivity contribution in [1.82, 2.24) is 15.5 Å². The molecule has 0 saturated carbocycles. The largest absolute Gasteiger partial charge is 0.486 e. The van der Waals surface area contributed by atoms with Crippen molar-refractivity contribution < 1.29 is 13.9 Å². The summed E-state index contributed by atoms with van der Waals surface area (Å²) in [7, 11) is 1.74. The van der Waals surface area contributed by atoms with Crippen molar-refractivity contribution in [2.24, 2.45) is 4.99 Å². The van der Waals surface area contributed by atoms with Gasteiger partial charge in [-0.25, -0.2) is 4.39 Å². The topological polar surface area (TPSA) is 58.1 Å². The highest BCUT2D eigenvalue weighted by atomic mass is 127. The maximum absolute atomic E-state index is 13.7. The first-order valence-corrected chi connectivity index (χ1v) is 8.88. The fourth-order valence-electron chi connectivity index (χ4n) is 2.58. The molecular weight excluding hydrogens is 450 g/mol. The van der Waals surface area contributed by atoms with Crippen LogP contribution in [0, 0.1) is 5.82 Å². The van der Waals surface area contributed by atoms with Crippen LogP contribution < -0.4 is 15.4 Å². The van der Waals surface area contributed by atoms with E-state index in [2.05, 4.69) is 20.5 Å². The van der Waals surface area contributed by atoms with Crippen LogP contribution in [0.15, 0.2) is 29.3 Å². The molecule has 148 valence electrons. The number of nitrogens with zero attached hydrogens (tertiary/aromatic N) is 2. The van der Waals surface area contributed by atoms with Crippen molar-refractivity contribution in [1.29, 1.82) is 0 Å². The monoisotopic (exact) mass is 480 g/mol. The van der Waals surface area contributed by atoms with E-state index < -0.39 is 0 Å². The molecule has 0 aliphatic carbocycles. The molecule has 0 radical (unpaired) electrons. The van der Waals surface area contributed by atoms with Gasteiger partial charge in [-0.15, -0.1) is 24.0 Å². The zero-order valence-corrected chi connectivity index (χ0v) is 17.9. The lowest BCUT2D eigenvalue weighted by Crippen LogP contribution is -2.46. The number of benzene rings is 1. The van der Waals surface area contributed by atoms with E-state index in [0.29, 0.717) is 6.54 Å². The number of guanidine groups is 1. The van der Waals surface area contributed by atoms with E-state index in [1.54, 1.807) is 25.2 Å². The summed E-state index contributed by atoms with van der Waals surface area (Å²) in [6, 6.07) is 6.47. The van der Waals surface area contributed by atoms with Crippen molar-refractivity contribution in [2.45, 2.75) is 19.4 Å². The lowest BCUT2D eigenvalue weighted by atomic mass is 10.2. The molecule has 1 heterocycles. The van der Waals surface area contributed by atoms with Crippen LogP contribution in [0.25, 0.3) is 0 Å². The van der Waals surface area contributed by atoms with E-state index in [4.69, 9.17) is 9.47 Å². The molecule has 1 saturated heterocycles. The molecule has 1 aliphatic heterocycles. The van der Waals surface area contributed by atoms with Crippen LogP contribution in [0.2, 0.25) is 0 Å². The number of hydrogen-bond acceptors (Lipinski definition) is 4. The molecule has 26 heavy (non-hydrogen) atoms. The van der Waals surface area contributed by atoms with Gasteiger partial charge in [0.25, 0.3) is 0 Å². The van der Waals surface area contributed by atoms with Gasteiger partial charge in [-0.3, -0.25) is 9.89 Å². The second-order valence-corrected chi connectivity index (χ2v) is 5.91. The van der Waals surface area contributed by atoms with Gasteiger partial charge in [0.2, 0.25) is 0 Å². The Balaban J connectivity index is 0.00000338. The first-order valence-electron chi connectivity index (χ1n) is 8.88. The molecule has 8 heteroatoms. The van der Waals surface area contributed by atoms with Gasteiger partial charge in [-0.1, -0.05) is 19.1 Å². The van der Waals surface area contributed by atoms with Gasteiger partial charge in [0.15, 0.2) is 17.5 Å². The lowest BCUT2D eigenvalue weighted by Gasteiger charge is -2.27. The third-order valence-corrected chi connectivity index (χ3v) is 4.13. The van der Waals surface area contributed by atoms with E-state index in [9.17, 15) is 4.39 Å². The lowest BCUT2D eigenvalue weighted by molar-refractivity contribution is 0.0389. The Bertz CT molecular complexity index is 542. The number of hydrogen-bond donors (Lipinski definition) is 2.